The van der Waals surface area contributed by atoms with Crippen LogP contribution in [-0.2, 0) is 0 Å². The second-order valence-corrected chi connectivity index (χ2v) is 6.54. The van der Waals surface area contributed by atoms with Gasteiger partial charge in [-0.15, -0.1) is 5.10 Å². The van der Waals surface area contributed by atoms with Crippen LogP contribution >= 0.6 is 11.5 Å². The van der Waals surface area contributed by atoms with Crippen molar-refractivity contribution in [2.24, 2.45) is 10.2 Å². The summed E-state index contributed by atoms with van der Waals surface area (Å²) < 4.78 is 4.28. The first kappa shape index (κ1) is 14.8. The lowest BCUT2D eigenvalue weighted by molar-refractivity contribution is 1.22. The lowest BCUT2D eigenvalue weighted by atomic mass is 10.1. The van der Waals surface area contributed by atoms with Gasteiger partial charge in [0.25, 0.3) is 0 Å². The maximum Gasteiger partial charge on any atom is 0.116 e. The molecule has 118 valence electrons. The smallest absolute Gasteiger partial charge is 0.116 e. The van der Waals surface area contributed by atoms with Crippen LogP contribution in [0.3, 0.4) is 0 Å². The quantitative estimate of drug-likeness (QED) is 0.440. The van der Waals surface area contributed by atoms with Gasteiger partial charge in [-0.05, 0) is 36.5 Å². The van der Waals surface area contributed by atoms with E-state index < -0.39 is 0 Å². The normalized spacial score (nSPS) is 12.9. The highest BCUT2D eigenvalue weighted by atomic mass is 32.1. The lowest BCUT2D eigenvalue weighted by Crippen LogP contribution is -2.01. The number of rotatable bonds is 2. The molecule has 3 aromatic rings. The van der Waals surface area contributed by atoms with E-state index >= 15 is 0 Å². The Balaban J connectivity index is 1.85. The van der Waals surface area contributed by atoms with Crippen LogP contribution in [0.25, 0.3) is 11.1 Å². The predicted molar refractivity (Wildman–Crippen MR) is 101 cm³/mol. The Labute approximate surface area is 144 Å². The summed E-state index contributed by atoms with van der Waals surface area (Å²) in [4.78, 5) is 0. The summed E-state index contributed by atoms with van der Waals surface area (Å²) in [6.45, 7) is 3.86. The minimum atomic E-state index is 0.682. The number of anilines is 1. The largest absolute Gasteiger partial charge is 0.389 e. The second-order valence-electron chi connectivity index (χ2n) is 5.73. The Morgan fingerprint density at radius 1 is 0.958 bits per heavy atom. The number of fused-ring (bicyclic) bond motifs is 3. The van der Waals surface area contributed by atoms with Crippen molar-refractivity contribution < 1.29 is 0 Å². The van der Waals surface area contributed by atoms with Crippen molar-refractivity contribution >= 4 is 28.0 Å². The van der Waals surface area contributed by atoms with Gasteiger partial charge in [-0.2, -0.15) is 9.47 Å². The highest BCUT2D eigenvalue weighted by Crippen LogP contribution is 2.36. The molecule has 4 nitrogen and oxygen atoms in total. The molecule has 4 rings (SSSR count). The van der Waals surface area contributed by atoms with E-state index in [9.17, 15) is 0 Å². The molecule has 0 radical (unpaired) electrons. The summed E-state index contributed by atoms with van der Waals surface area (Å²) >= 11 is 1.29. The van der Waals surface area contributed by atoms with Gasteiger partial charge in [0.05, 0.1) is 17.0 Å². The number of nitrogens with zero attached hydrogens (tertiary/aromatic N) is 3. The standard InChI is InChI=1S/C19H16N4S/c1-11(17-12(2)23-24-19(17)20)21-22-18-15-9-5-3-7-13(15)14-8-4-6-10-16(14)18/h3-10H,20H2,1-2H3/b21-11-. The van der Waals surface area contributed by atoms with Gasteiger partial charge >= 0.3 is 0 Å². The van der Waals surface area contributed by atoms with Gasteiger partial charge in [-0.3, -0.25) is 0 Å². The van der Waals surface area contributed by atoms with Crippen LogP contribution in [-0.4, -0.2) is 15.8 Å². The van der Waals surface area contributed by atoms with E-state index in [-0.39, 0.29) is 0 Å². The number of hydrogen-bond donors (Lipinski definition) is 1. The molecule has 0 fully saturated rings. The Hall–Kier alpha value is -2.79. The predicted octanol–water partition coefficient (Wildman–Crippen LogP) is 4.28. The third kappa shape index (κ3) is 2.25. The molecule has 0 unspecified atom stereocenters. The molecule has 0 amide bonds. The Morgan fingerprint density at radius 2 is 1.50 bits per heavy atom. The van der Waals surface area contributed by atoms with E-state index in [1.165, 1.54) is 22.7 Å². The van der Waals surface area contributed by atoms with Crippen LogP contribution in [0.4, 0.5) is 5.00 Å². The van der Waals surface area contributed by atoms with Gasteiger partial charge < -0.3 is 5.73 Å². The molecule has 0 aliphatic heterocycles. The minimum absolute atomic E-state index is 0.682. The Morgan fingerprint density at radius 3 is 2.00 bits per heavy atom. The molecule has 0 atom stereocenters. The molecular formula is C19H16N4S. The Kier molecular flexibility index (Phi) is 3.50. The lowest BCUT2D eigenvalue weighted by Gasteiger charge is -2.01. The third-order valence-corrected chi connectivity index (χ3v) is 4.97. The first-order valence-electron chi connectivity index (χ1n) is 7.70. The van der Waals surface area contributed by atoms with Crippen LogP contribution in [0, 0.1) is 6.92 Å². The molecule has 1 aliphatic rings. The van der Waals surface area contributed by atoms with E-state index in [1.807, 2.05) is 38.1 Å². The Bertz CT molecular complexity index is 931. The van der Waals surface area contributed by atoms with Crippen molar-refractivity contribution in [1.82, 2.24) is 4.37 Å². The van der Waals surface area contributed by atoms with Crippen molar-refractivity contribution in [2.75, 3.05) is 5.73 Å². The summed E-state index contributed by atoms with van der Waals surface area (Å²) in [5, 5.41) is 9.71. The van der Waals surface area contributed by atoms with E-state index in [1.54, 1.807) is 0 Å². The van der Waals surface area contributed by atoms with Gasteiger partial charge in [0.2, 0.25) is 0 Å². The van der Waals surface area contributed by atoms with Crippen molar-refractivity contribution in [3.05, 3.63) is 70.9 Å². The molecule has 2 aromatic carbocycles. The van der Waals surface area contributed by atoms with Gasteiger partial charge in [-0.1, -0.05) is 48.5 Å². The molecule has 0 bridgehead atoms. The number of aryl methyl sites for hydroxylation is 1. The van der Waals surface area contributed by atoms with Gasteiger partial charge in [0.15, 0.2) is 0 Å². The molecule has 1 aromatic heterocycles. The first-order chi connectivity index (χ1) is 11.7. The summed E-state index contributed by atoms with van der Waals surface area (Å²) in [7, 11) is 0. The van der Waals surface area contributed by atoms with Crippen molar-refractivity contribution in [3.63, 3.8) is 0 Å². The number of hydrogen-bond acceptors (Lipinski definition) is 5. The SMILES string of the molecule is C/C(=N/N=C1c2ccccc2-c2ccccc21)c1c(C)nsc1N. The maximum atomic E-state index is 6.01. The zero-order chi connectivity index (χ0) is 16.7. The fraction of sp³-hybridized carbons (Fsp3) is 0.105. The maximum absolute atomic E-state index is 6.01. The number of benzene rings is 2. The van der Waals surface area contributed by atoms with Crippen molar-refractivity contribution in [2.45, 2.75) is 13.8 Å². The molecule has 1 heterocycles. The zero-order valence-electron chi connectivity index (χ0n) is 13.4. The highest BCUT2D eigenvalue weighted by molar-refractivity contribution is 7.10. The third-order valence-electron chi connectivity index (χ3n) is 4.21. The first-order valence-corrected chi connectivity index (χ1v) is 8.47. The summed E-state index contributed by atoms with van der Waals surface area (Å²) in [6, 6.07) is 16.6. The molecule has 1 aliphatic carbocycles. The fourth-order valence-electron chi connectivity index (χ4n) is 3.10. The topological polar surface area (TPSA) is 63.6 Å². The van der Waals surface area contributed by atoms with Crippen LogP contribution in [0.5, 0.6) is 0 Å². The number of nitrogens with two attached hydrogens (primary N) is 1. The van der Waals surface area contributed by atoms with Crippen LogP contribution in [0.15, 0.2) is 58.7 Å². The van der Waals surface area contributed by atoms with Gasteiger partial charge in [0, 0.05) is 11.1 Å². The van der Waals surface area contributed by atoms with Gasteiger partial charge in [-0.25, -0.2) is 0 Å². The number of nitrogen functional groups attached to an aromatic ring is 1. The van der Waals surface area contributed by atoms with Crippen molar-refractivity contribution in [1.29, 1.82) is 0 Å². The van der Waals surface area contributed by atoms with Crippen LogP contribution < -0.4 is 5.73 Å². The average molecular weight is 332 g/mol. The van der Waals surface area contributed by atoms with Crippen LogP contribution in [0.2, 0.25) is 0 Å². The molecule has 5 heteroatoms. The van der Waals surface area contributed by atoms with Gasteiger partial charge in [0.1, 0.15) is 10.7 Å². The molecule has 24 heavy (non-hydrogen) atoms. The molecule has 0 saturated heterocycles. The second kappa shape index (κ2) is 5.69. The molecular weight excluding hydrogens is 316 g/mol. The molecule has 0 spiro atoms. The van der Waals surface area contributed by atoms with E-state index in [0.717, 1.165) is 33.8 Å². The summed E-state index contributed by atoms with van der Waals surface area (Å²) in [5.41, 5.74) is 14.1. The fourth-order valence-corrected chi connectivity index (χ4v) is 3.82. The van der Waals surface area contributed by atoms with Crippen LogP contribution in [0.1, 0.15) is 29.3 Å². The number of aromatic nitrogens is 1. The summed E-state index contributed by atoms with van der Waals surface area (Å²) in [6.07, 6.45) is 0. The summed E-state index contributed by atoms with van der Waals surface area (Å²) in [5.74, 6) is 0. The average Bonchev–Trinajstić information content (AvgIpc) is 3.10. The molecule has 0 saturated carbocycles. The monoisotopic (exact) mass is 332 g/mol. The van der Waals surface area contributed by atoms with E-state index in [0.29, 0.717) is 5.00 Å². The molecule has 2 N–H and O–H groups in total. The minimum Gasteiger partial charge on any atom is -0.389 e. The van der Waals surface area contributed by atoms with E-state index in [2.05, 4.69) is 38.8 Å². The zero-order valence-corrected chi connectivity index (χ0v) is 14.3. The van der Waals surface area contributed by atoms with Crippen molar-refractivity contribution in [3.8, 4) is 11.1 Å². The highest BCUT2D eigenvalue weighted by Gasteiger charge is 2.24. The van der Waals surface area contributed by atoms with E-state index in [4.69, 9.17) is 5.73 Å².